The molecule has 28 heavy (non-hydrogen) atoms. The van der Waals surface area contributed by atoms with Gasteiger partial charge < -0.3 is 9.32 Å². The van der Waals surface area contributed by atoms with Crippen molar-refractivity contribution in [1.29, 1.82) is 0 Å². The van der Waals surface area contributed by atoms with Gasteiger partial charge in [0.15, 0.2) is 0 Å². The monoisotopic (exact) mass is 412 g/mol. The molecular formula is C19H17ClN6OS. The van der Waals surface area contributed by atoms with Crippen molar-refractivity contribution in [3.8, 4) is 11.5 Å². The zero-order valence-electron chi connectivity index (χ0n) is 15.0. The number of fused-ring (bicyclic) bond motifs is 1. The molecule has 0 spiro atoms. The van der Waals surface area contributed by atoms with Gasteiger partial charge in [0.1, 0.15) is 17.0 Å². The smallest absolute Gasteiger partial charge is 0.247 e. The second kappa shape index (κ2) is 7.46. The van der Waals surface area contributed by atoms with E-state index in [1.54, 1.807) is 17.7 Å². The van der Waals surface area contributed by atoms with Crippen molar-refractivity contribution >= 4 is 39.0 Å². The summed E-state index contributed by atoms with van der Waals surface area (Å²) in [6, 6.07) is 9.49. The number of hydrogen-bond acceptors (Lipinski definition) is 8. The van der Waals surface area contributed by atoms with Crippen LogP contribution in [0.25, 0.3) is 21.7 Å². The Morgan fingerprint density at radius 2 is 1.82 bits per heavy atom. The fraction of sp³-hybridized carbons (Fsp3) is 0.263. The van der Waals surface area contributed by atoms with Gasteiger partial charge in [0.25, 0.3) is 0 Å². The van der Waals surface area contributed by atoms with Crippen LogP contribution in [-0.4, -0.2) is 51.2 Å². The highest BCUT2D eigenvalue weighted by molar-refractivity contribution is 7.16. The van der Waals surface area contributed by atoms with Crippen molar-refractivity contribution in [2.24, 2.45) is 0 Å². The molecule has 0 bridgehead atoms. The lowest BCUT2D eigenvalue weighted by atomic mass is 10.2. The van der Waals surface area contributed by atoms with Gasteiger partial charge in [0.2, 0.25) is 11.8 Å². The third-order valence-corrected chi connectivity index (χ3v) is 5.90. The van der Waals surface area contributed by atoms with Crippen LogP contribution in [-0.2, 0) is 6.54 Å². The molecule has 0 aliphatic carbocycles. The first-order valence-electron chi connectivity index (χ1n) is 9.00. The predicted molar refractivity (Wildman–Crippen MR) is 110 cm³/mol. The number of halogens is 1. The van der Waals surface area contributed by atoms with Gasteiger partial charge in [0.05, 0.1) is 11.9 Å². The molecule has 142 valence electrons. The topological polar surface area (TPSA) is 71.2 Å². The molecule has 0 N–H and O–H groups in total. The number of aromatic nitrogens is 4. The predicted octanol–water partition coefficient (Wildman–Crippen LogP) is 3.72. The molecule has 7 nitrogen and oxygen atoms in total. The van der Waals surface area contributed by atoms with Crippen molar-refractivity contribution < 1.29 is 4.42 Å². The average Bonchev–Trinajstić information content (AvgIpc) is 3.38. The van der Waals surface area contributed by atoms with Crippen molar-refractivity contribution in [2.75, 3.05) is 31.1 Å². The minimum Gasteiger partial charge on any atom is -0.419 e. The summed E-state index contributed by atoms with van der Waals surface area (Å²) < 4.78 is 5.83. The summed E-state index contributed by atoms with van der Waals surface area (Å²) in [5.41, 5.74) is 0.872. The number of piperazine rings is 1. The minimum atomic E-state index is 0.520. The maximum absolute atomic E-state index is 5.93. The van der Waals surface area contributed by atoms with E-state index < -0.39 is 0 Å². The number of rotatable bonds is 4. The van der Waals surface area contributed by atoms with Gasteiger partial charge in [-0.05, 0) is 35.7 Å². The average molecular weight is 413 g/mol. The molecular weight excluding hydrogens is 396 g/mol. The van der Waals surface area contributed by atoms with E-state index in [1.807, 2.05) is 24.3 Å². The van der Waals surface area contributed by atoms with E-state index in [2.05, 4.69) is 41.4 Å². The number of nitrogens with zero attached hydrogens (tertiary/aromatic N) is 6. The molecule has 4 aromatic rings. The van der Waals surface area contributed by atoms with E-state index in [1.165, 1.54) is 0 Å². The molecule has 0 unspecified atom stereocenters. The van der Waals surface area contributed by atoms with Gasteiger partial charge >= 0.3 is 0 Å². The lowest BCUT2D eigenvalue weighted by Crippen LogP contribution is -2.46. The molecule has 0 saturated carbocycles. The normalized spacial score (nSPS) is 15.4. The van der Waals surface area contributed by atoms with Crippen LogP contribution in [0.4, 0.5) is 5.82 Å². The largest absolute Gasteiger partial charge is 0.419 e. The van der Waals surface area contributed by atoms with Gasteiger partial charge in [0, 0.05) is 36.8 Å². The first-order chi connectivity index (χ1) is 13.8. The third kappa shape index (κ3) is 3.46. The molecule has 1 fully saturated rings. The van der Waals surface area contributed by atoms with E-state index in [9.17, 15) is 0 Å². The number of anilines is 1. The molecule has 0 amide bonds. The highest BCUT2D eigenvalue weighted by atomic mass is 35.5. The molecule has 4 heterocycles. The van der Waals surface area contributed by atoms with Gasteiger partial charge in [-0.15, -0.1) is 21.5 Å². The molecule has 5 rings (SSSR count). The fourth-order valence-corrected chi connectivity index (χ4v) is 4.22. The molecule has 3 aromatic heterocycles. The van der Waals surface area contributed by atoms with Crippen LogP contribution in [0.1, 0.15) is 5.89 Å². The number of benzene rings is 1. The van der Waals surface area contributed by atoms with Crippen LogP contribution < -0.4 is 4.90 Å². The van der Waals surface area contributed by atoms with Crippen LogP contribution >= 0.6 is 22.9 Å². The van der Waals surface area contributed by atoms with E-state index in [4.69, 9.17) is 16.0 Å². The molecule has 0 atom stereocenters. The Hall–Kier alpha value is -2.55. The maximum Gasteiger partial charge on any atom is 0.247 e. The van der Waals surface area contributed by atoms with Gasteiger partial charge in [-0.25, -0.2) is 9.97 Å². The lowest BCUT2D eigenvalue weighted by molar-refractivity contribution is 0.226. The molecule has 1 saturated heterocycles. The molecule has 1 aliphatic rings. The van der Waals surface area contributed by atoms with Crippen molar-refractivity contribution in [3.63, 3.8) is 0 Å². The summed E-state index contributed by atoms with van der Waals surface area (Å²) in [4.78, 5) is 14.5. The molecule has 1 aromatic carbocycles. The van der Waals surface area contributed by atoms with E-state index >= 15 is 0 Å². The Balaban J connectivity index is 1.23. The molecule has 0 radical (unpaired) electrons. The Morgan fingerprint density at radius 1 is 1.00 bits per heavy atom. The molecule has 9 heteroatoms. The zero-order valence-corrected chi connectivity index (χ0v) is 16.5. The van der Waals surface area contributed by atoms with Gasteiger partial charge in [-0.3, -0.25) is 4.90 Å². The Bertz CT molecular complexity index is 1090. The summed E-state index contributed by atoms with van der Waals surface area (Å²) >= 11 is 7.58. The zero-order chi connectivity index (χ0) is 18.9. The van der Waals surface area contributed by atoms with Crippen LogP contribution in [0.2, 0.25) is 5.02 Å². The van der Waals surface area contributed by atoms with Crippen LogP contribution in [0, 0.1) is 0 Å². The van der Waals surface area contributed by atoms with E-state index in [0.29, 0.717) is 23.3 Å². The summed E-state index contributed by atoms with van der Waals surface area (Å²) in [6.45, 7) is 4.27. The number of hydrogen-bond donors (Lipinski definition) is 0. The van der Waals surface area contributed by atoms with Crippen LogP contribution in [0.15, 0.2) is 46.5 Å². The standard InChI is InChI=1S/C19H17ClN6OS/c20-14-3-1-13(2-4-14)18-24-23-16(27-18)11-25-6-8-26(9-7-25)17-15-5-10-28-19(15)22-12-21-17/h1-5,10,12H,6-9,11H2. The Morgan fingerprint density at radius 3 is 2.64 bits per heavy atom. The quantitative estimate of drug-likeness (QED) is 0.505. The van der Waals surface area contributed by atoms with Gasteiger partial charge in [-0.1, -0.05) is 11.6 Å². The summed E-state index contributed by atoms with van der Waals surface area (Å²) in [7, 11) is 0. The number of thiophene rings is 1. The maximum atomic E-state index is 5.93. The highest BCUT2D eigenvalue weighted by Crippen LogP contribution is 2.27. The Kier molecular flexibility index (Phi) is 4.67. The van der Waals surface area contributed by atoms with Gasteiger partial charge in [-0.2, -0.15) is 0 Å². The first kappa shape index (κ1) is 17.5. The van der Waals surface area contributed by atoms with Crippen molar-refractivity contribution in [2.45, 2.75) is 6.54 Å². The summed E-state index contributed by atoms with van der Waals surface area (Å²) in [5, 5.41) is 12.2. The first-order valence-corrected chi connectivity index (χ1v) is 10.3. The second-order valence-corrected chi connectivity index (χ2v) is 7.94. The SMILES string of the molecule is Clc1ccc(-c2nnc(CN3CCN(c4ncnc5sccc45)CC3)o2)cc1. The molecule has 1 aliphatic heterocycles. The Labute approximate surface area is 170 Å². The third-order valence-electron chi connectivity index (χ3n) is 4.83. The summed E-state index contributed by atoms with van der Waals surface area (Å²) in [5.74, 6) is 2.17. The van der Waals surface area contributed by atoms with E-state index in [-0.39, 0.29) is 0 Å². The second-order valence-electron chi connectivity index (χ2n) is 6.61. The highest BCUT2D eigenvalue weighted by Gasteiger charge is 2.22. The van der Waals surface area contributed by atoms with E-state index in [0.717, 1.165) is 47.8 Å². The minimum absolute atomic E-state index is 0.520. The van der Waals surface area contributed by atoms with Crippen LogP contribution in [0.3, 0.4) is 0 Å². The van der Waals surface area contributed by atoms with Crippen molar-refractivity contribution in [3.05, 3.63) is 53.0 Å². The van der Waals surface area contributed by atoms with Crippen LogP contribution in [0.5, 0.6) is 0 Å². The summed E-state index contributed by atoms with van der Waals surface area (Å²) in [6.07, 6.45) is 1.65. The fourth-order valence-electron chi connectivity index (χ4n) is 3.36. The van der Waals surface area contributed by atoms with Crippen molar-refractivity contribution in [1.82, 2.24) is 25.1 Å². The lowest BCUT2D eigenvalue weighted by Gasteiger charge is -2.34.